The summed E-state index contributed by atoms with van der Waals surface area (Å²) in [5.74, 6) is 0.613. The molecule has 1 aromatic heterocycles. The van der Waals surface area contributed by atoms with E-state index >= 15 is 0 Å². The van der Waals surface area contributed by atoms with Crippen LogP contribution in [0.25, 0.3) is 10.9 Å². The molecule has 3 nitrogen and oxygen atoms in total. The molecule has 0 fully saturated rings. The molecule has 1 aromatic carbocycles. The lowest BCUT2D eigenvalue weighted by Gasteiger charge is -2.12. The quantitative estimate of drug-likeness (QED) is 0.807. The van der Waals surface area contributed by atoms with Gasteiger partial charge in [0.2, 0.25) is 0 Å². The second kappa shape index (κ2) is 4.24. The summed E-state index contributed by atoms with van der Waals surface area (Å²) in [5.41, 5.74) is -0.389. The van der Waals surface area contributed by atoms with Crippen LogP contribution in [0.5, 0.6) is 5.75 Å². The van der Waals surface area contributed by atoms with E-state index in [-0.39, 0.29) is 15.8 Å². The molecule has 1 N–H and O–H groups in total. The van der Waals surface area contributed by atoms with E-state index in [0.717, 1.165) is 12.1 Å². The molecule has 0 aliphatic carbocycles. The van der Waals surface area contributed by atoms with Gasteiger partial charge in [0.1, 0.15) is 16.2 Å². The van der Waals surface area contributed by atoms with Crippen molar-refractivity contribution in [2.75, 3.05) is 7.11 Å². The van der Waals surface area contributed by atoms with Gasteiger partial charge in [-0.1, -0.05) is 12.2 Å². The van der Waals surface area contributed by atoms with Gasteiger partial charge in [-0.25, -0.2) is 4.98 Å². The summed E-state index contributed by atoms with van der Waals surface area (Å²) in [6.45, 7) is 1.67. The van der Waals surface area contributed by atoms with Crippen molar-refractivity contribution < 1.29 is 17.9 Å². The van der Waals surface area contributed by atoms with E-state index in [4.69, 9.17) is 17.0 Å². The third kappa shape index (κ3) is 2.17. The highest BCUT2D eigenvalue weighted by Crippen LogP contribution is 2.35. The molecule has 2 aromatic rings. The number of nitrogens with zero attached hydrogens (tertiary/aromatic N) is 1. The molecule has 0 atom stereocenters. The van der Waals surface area contributed by atoms with Crippen LogP contribution in [0.15, 0.2) is 12.1 Å². The molecule has 1 heterocycles. The molecule has 0 saturated carbocycles. The van der Waals surface area contributed by atoms with E-state index in [1.807, 2.05) is 0 Å². The Hall–Kier alpha value is -1.63. The summed E-state index contributed by atoms with van der Waals surface area (Å²) in [6, 6.07) is 1.91. The molecule has 0 amide bonds. The van der Waals surface area contributed by atoms with Crippen LogP contribution in [0.4, 0.5) is 13.2 Å². The number of aromatic amines is 1. The second-order valence-electron chi connectivity index (χ2n) is 3.73. The van der Waals surface area contributed by atoms with Crippen LogP contribution >= 0.6 is 12.2 Å². The number of hydrogen-bond donors (Lipinski definition) is 1. The molecule has 18 heavy (non-hydrogen) atoms. The zero-order valence-corrected chi connectivity index (χ0v) is 10.4. The lowest BCUT2D eigenvalue weighted by molar-refractivity contribution is -0.137. The molecule has 7 heteroatoms. The first-order chi connectivity index (χ1) is 8.32. The number of nitrogens with one attached hydrogen (secondary N) is 1. The Bertz CT molecular complexity index is 664. The lowest BCUT2D eigenvalue weighted by atomic mass is 10.1. The average Bonchev–Trinajstić information content (AvgIpc) is 2.26. The third-order valence-corrected chi connectivity index (χ3v) is 2.77. The summed E-state index contributed by atoms with van der Waals surface area (Å²) < 4.78 is 43.3. The van der Waals surface area contributed by atoms with Crippen LogP contribution in [0.1, 0.15) is 11.4 Å². The molecule has 0 saturated heterocycles. The second-order valence-corrected chi connectivity index (χ2v) is 4.11. The number of ether oxygens (including phenoxy) is 1. The largest absolute Gasteiger partial charge is 0.495 e. The maximum absolute atomic E-state index is 12.7. The van der Waals surface area contributed by atoms with Crippen molar-refractivity contribution in [2.45, 2.75) is 13.1 Å². The minimum absolute atomic E-state index is 0.0939. The first-order valence-electron chi connectivity index (χ1n) is 4.99. The van der Waals surface area contributed by atoms with Crippen LogP contribution in [0.3, 0.4) is 0 Å². The number of fused-ring (bicyclic) bond motifs is 1. The van der Waals surface area contributed by atoms with E-state index in [0.29, 0.717) is 11.3 Å². The number of benzene rings is 1. The van der Waals surface area contributed by atoms with Crippen molar-refractivity contribution in [2.24, 2.45) is 0 Å². The SMILES string of the molecule is COc1cc(C(F)(F)F)cc2c(=S)nc(C)[nH]c12. The van der Waals surface area contributed by atoms with E-state index in [2.05, 4.69) is 9.97 Å². The minimum atomic E-state index is -4.45. The zero-order chi connectivity index (χ0) is 13.5. The van der Waals surface area contributed by atoms with Gasteiger partial charge in [-0.15, -0.1) is 0 Å². The highest BCUT2D eigenvalue weighted by Gasteiger charge is 2.32. The molecule has 0 unspecified atom stereocenters. The molecule has 0 bridgehead atoms. The third-order valence-electron chi connectivity index (χ3n) is 2.45. The number of aryl methyl sites for hydroxylation is 1. The Balaban J connectivity index is 2.89. The topological polar surface area (TPSA) is 37.9 Å². The van der Waals surface area contributed by atoms with E-state index < -0.39 is 11.7 Å². The standard InChI is InChI=1S/C11H9F3N2OS/c1-5-15-9-7(10(18)16-5)3-6(11(12,13)14)4-8(9)17-2/h3-4H,1-2H3,(H,15,16,18). The minimum Gasteiger partial charge on any atom is -0.495 e. The molecule has 0 aliphatic rings. The zero-order valence-electron chi connectivity index (χ0n) is 9.55. The predicted molar refractivity (Wildman–Crippen MR) is 63.2 cm³/mol. The highest BCUT2D eigenvalue weighted by molar-refractivity contribution is 7.71. The Morgan fingerprint density at radius 2 is 2.00 bits per heavy atom. The summed E-state index contributed by atoms with van der Waals surface area (Å²) in [7, 11) is 1.31. The van der Waals surface area contributed by atoms with E-state index in [1.54, 1.807) is 6.92 Å². The van der Waals surface area contributed by atoms with Gasteiger partial charge in [-0.2, -0.15) is 13.2 Å². The number of aromatic nitrogens is 2. The number of rotatable bonds is 1. The van der Waals surface area contributed by atoms with Crippen LogP contribution in [0.2, 0.25) is 0 Å². The summed E-state index contributed by atoms with van der Waals surface area (Å²) in [6.07, 6.45) is -4.45. The molecule has 0 radical (unpaired) electrons. The van der Waals surface area contributed by atoms with Gasteiger partial charge in [0.05, 0.1) is 18.2 Å². The molecule has 0 spiro atoms. The van der Waals surface area contributed by atoms with Crippen molar-refractivity contribution in [3.63, 3.8) is 0 Å². The fourth-order valence-electron chi connectivity index (χ4n) is 1.66. The van der Waals surface area contributed by atoms with E-state index in [9.17, 15) is 13.2 Å². The van der Waals surface area contributed by atoms with Crippen LogP contribution in [-0.2, 0) is 6.18 Å². The summed E-state index contributed by atoms with van der Waals surface area (Å²) >= 11 is 4.98. The van der Waals surface area contributed by atoms with Crippen molar-refractivity contribution >= 4 is 23.1 Å². The van der Waals surface area contributed by atoms with Crippen molar-refractivity contribution in [3.05, 3.63) is 28.2 Å². The smallest absolute Gasteiger partial charge is 0.416 e. The van der Waals surface area contributed by atoms with Gasteiger partial charge in [-0.05, 0) is 19.1 Å². The fraction of sp³-hybridized carbons (Fsp3) is 0.273. The van der Waals surface area contributed by atoms with Crippen LogP contribution in [0, 0.1) is 11.6 Å². The van der Waals surface area contributed by atoms with Gasteiger partial charge in [0.15, 0.2) is 0 Å². The van der Waals surface area contributed by atoms with Gasteiger partial charge in [-0.3, -0.25) is 0 Å². The average molecular weight is 274 g/mol. The molecule has 96 valence electrons. The van der Waals surface area contributed by atoms with Crippen LogP contribution in [-0.4, -0.2) is 17.1 Å². The molecule has 2 rings (SSSR count). The number of halogens is 3. The normalized spacial score (nSPS) is 11.8. The fourth-order valence-corrected chi connectivity index (χ4v) is 1.96. The number of alkyl halides is 3. The highest BCUT2D eigenvalue weighted by atomic mass is 32.1. The van der Waals surface area contributed by atoms with Gasteiger partial charge in [0.25, 0.3) is 0 Å². The lowest BCUT2D eigenvalue weighted by Crippen LogP contribution is -2.06. The maximum Gasteiger partial charge on any atom is 0.416 e. The van der Waals surface area contributed by atoms with Crippen LogP contribution < -0.4 is 4.74 Å². The molecular formula is C11H9F3N2OS. The number of H-pyrrole nitrogens is 1. The maximum atomic E-state index is 12.7. The van der Waals surface area contributed by atoms with Crippen molar-refractivity contribution in [3.8, 4) is 5.75 Å². The first-order valence-corrected chi connectivity index (χ1v) is 5.39. The summed E-state index contributed by atoms with van der Waals surface area (Å²) in [5, 5.41) is 0.224. The first kappa shape index (κ1) is 12.8. The molecular weight excluding hydrogens is 265 g/mol. The van der Waals surface area contributed by atoms with Crippen molar-refractivity contribution in [1.29, 1.82) is 0 Å². The van der Waals surface area contributed by atoms with Gasteiger partial charge in [0, 0.05) is 5.39 Å². The Kier molecular flexibility index (Phi) is 3.02. The monoisotopic (exact) mass is 274 g/mol. The van der Waals surface area contributed by atoms with E-state index in [1.165, 1.54) is 7.11 Å². The molecule has 0 aliphatic heterocycles. The van der Waals surface area contributed by atoms with Gasteiger partial charge >= 0.3 is 6.18 Å². The Labute approximate surface area is 106 Å². The number of methoxy groups -OCH3 is 1. The number of hydrogen-bond acceptors (Lipinski definition) is 3. The predicted octanol–water partition coefficient (Wildman–Crippen LogP) is 3.63. The Morgan fingerprint density at radius 1 is 1.33 bits per heavy atom. The summed E-state index contributed by atoms with van der Waals surface area (Å²) in [4.78, 5) is 6.80. The Morgan fingerprint density at radius 3 is 2.56 bits per heavy atom. The van der Waals surface area contributed by atoms with Gasteiger partial charge < -0.3 is 9.72 Å². The van der Waals surface area contributed by atoms with Crippen molar-refractivity contribution in [1.82, 2.24) is 9.97 Å².